The van der Waals surface area contributed by atoms with Crippen LogP contribution in [0.1, 0.15) is 59.1 Å². The van der Waals surface area contributed by atoms with E-state index >= 15 is 0 Å². The molecule has 4 aromatic heterocycles. The number of thiophene rings is 2. The Balaban J connectivity index is 0.00000290. The average molecular weight is 798 g/mol. The normalized spacial score (nSPS) is 16.5. The molecule has 0 saturated heterocycles. The maximum Gasteiger partial charge on any atom is 0.349 e. The topological polar surface area (TPSA) is 173 Å². The molecule has 55 heavy (non-hydrogen) atoms. The third-order valence-electron chi connectivity index (χ3n) is 10.3. The van der Waals surface area contributed by atoms with E-state index in [2.05, 4.69) is 27.2 Å². The molecule has 2 aromatic carbocycles. The van der Waals surface area contributed by atoms with E-state index in [9.17, 15) is 29.7 Å². The number of halogens is 2. The van der Waals surface area contributed by atoms with Crippen LogP contribution in [0.3, 0.4) is 0 Å². The van der Waals surface area contributed by atoms with Gasteiger partial charge in [-0.15, -0.1) is 22.7 Å². The van der Waals surface area contributed by atoms with Gasteiger partial charge >= 0.3 is 11.7 Å². The number of aliphatic hydroxyl groups is 2. The number of rotatable bonds is 14. The molecule has 7 rings (SSSR count). The van der Waals surface area contributed by atoms with Gasteiger partial charge < -0.3 is 40.2 Å². The summed E-state index contributed by atoms with van der Waals surface area (Å²) in [5.41, 5.74) is 1.11. The van der Waals surface area contributed by atoms with Crippen LogP contribution in [0.4, 0.5) is 9.41 Å². The predicted molar refractivity (Wildman–Crippen MR) is 211 cm³/mol. The summed E-state index contributed by atoms with van der Waals surface area (Å²) in [7, 11) is 2.10. The Kier molecular flexibility index (Phi) is 13.4. The van der Waals surface area contributed by atoms with E-state index in [1.807, 2.05) is 41.1 Å². The van der Waals surface area contributed by atoms with Gasteiger partial charge in [-0.3, -0.25) is 18.8 Å². The summed E-state index contributed by atoms with van der Waals surface area (Å²) in [4.78, 5) is 47.1. The number of fused-ring (bicyclic) bond motifs is 2. The maximum atomic E-state index is 13.4. The van der Waals surface area contributed by atoms with Crippen LogP contribution in [0.2, 0.25) is 0 Å². The molecule has 294 valence electrons. The number of phenolic OH excluding ortho intramolecular Hbond substituents is 1. The van der Waals surface area contributed by atoms with Crippen molar-refractivity contribution in [3.63, 3.8) is 0 Å². The predicted octanol–water partition coefficient (Wildman–Crippen LogP) is 5.24. The highest BCUT2D eigenvalue weighted by Crippen LogP contribution is 2.38. The van der Waals surface area contributed by atoms with Gasteiger partial charge in [0.05, 0.1) is 32.4 Å². The number of nitrogens with zero attached hydrogens (tertiary/aromatic N) is 2. The van der Waals surface area contributed by atoms with Gasteiger partial charge in [-0.25, -0.2) is 9.59 Å². The van der Waals surface area contributed by atoms with Gasteiger partial charge in [0, 0.05) is 37.1 Å². The zero-order chi connectivity index (χ0) is 37.1. The second kappa shape index (κ2) is 17.8. The van der Waals surface area contributed by atoms with Gasteiger partial charge in [0.1, 0.15) is 11.9 Å². The number of carbonyl (C=O) groups excluding carboxylic acids is 1. The van der Waals surface area contributed by atoms with Crippen molar-refractivity contribution in [1.82, 2.24) is 24.8 Å². The van der Waals surface area contributed by atoms with Crippen LogP contribution < -0.4 is 16.6 Å². The number of ether oxygens (including phenoxy) is 1. The molecule has 1 atom stereocenters. The number of nitrogens with one attached hydrogen (secondary N) is 3. The number of esters is 1. The van der Waals surface area contributed by atoms with Crippen molar-refractivity contribution in [1.29, 1.82) is 0 Å². The van der Waals surface area contributed by atoms with E-state index in [0.717, 1.165) is 55.2 Å². The number of H-pyrrole nitrogens is 2. The lowest BCUT2D eigenvalue weighted by atomic mass is 9.91. The molecule has 0 amide bonds. The molecule has 16 heteroatoms. The van der Waals surface area contributed by atoms with Crippen LogP contribution in [0.5, 0.6) is 5.75 Å². The quantitative estimate of drug-likeness (QED) is 0.0807. The molecule has 0 unspecified atom stereocenters. The lowest BCUT2D eigenvalue weighted by molar-refractivity contribution is -0.169. The molecule has 12 nitrogen and oxygen atoms in total. The molecular weight excluding hydrogens is 753 g/mol. The number of aromatic amines is 2. The minimum Gasteiger partial charge on any atom is -0.506 e. The van der Waals surface area contributed by atoms with Crippen LogP contribution >= 0.6 is 22.7 Å². The van der Waals surface area contributed by atoms with Crippen molar-refractivity contribution in [3.8, 4) is 5.75 Å². The van der Waals surface area contributed by atoms with Crippen molar-refractivity contribution in [2.24, 2.45) is 0 Å². The van der Waals surface area contributed by atoms with Crippen LogP contribution in [-0.2, 0) is 28.2 Å². The molecule has 1 saturated carbocycles. The van der Waals surface area contributed by atoms with E-state index in [-0.39, 0.29) is 44.6 Å². The van der Waals surface area contributed by atoms with Crippen LogP contribution in [0, 0.1) is 0 Å². The summed E-state index contributed by atoms with van der Waals surface area (Å²) in [5.74, 6) is -0.677. The largest absolute Gasteiger partial charge is 0.506 e. The average Bonchev–Trinajstić information content (AvgIpc) is 3.95. The number of benzene rings is 2. The summed E-state index contributed by atoms with van der Waals surface area (Å²) in [6, 6.07) is 19.4. The third kappa shape index (κ3) is 8.74. The second-order valence-electron chi connectivity index (χ2n) is 13.7. The monoisotopic (exact) mass is 797 g/mol. The molecule has 1 fully saturated rings. The van der Waals surface area contributed by atoms with Crippen LogP contribution in [0.15, 0.2) is 87.1 Å². The number of hydrogen-bond donors (Lipinski definition) is 6. The fraction of sp³-hybridized carbons (Fsp3) is 0.359. The molecule has 0 aliphatic heterocycles. The fourth-order valence-corrected chi connectivity index (χ4v) is 9.06. The number of aryl methyl sites for hydroxylation is 1. The standard InChI is InChI=1S/C39H43N5O7S2.2FH/c1-43(25-8-10-26(11-9-25)51-37(48)39(50,33-5-2-19-52-33)34-6-3-20-53-34)17-4-18-44-30-14-7-24(21-29(30)41-38(44)49)22-40-23-32(46)27-12-15-31(45)36-28(27)13-16-35(47)42-36;;/h2-3,5-7,12-16,19-21,25-26,32,40,45-46,50H,4,8-11,17-18,22-23H2,1H3,(H,41,49)(H,42,47);2*1H/t25-,26-,32-;;/m0../s1. The number of phenols is 1. The van der Waals surface area contributed by atoms with Crippen molar-refractivity contribution in [2.45, 2.75) is 69.0 Å². The van der Waals surface area contributed by atoms with E-state index < -0.39 is 17.7 Å². The van der Waals surface area contributed by atoms with Gasteiger partial charge in [0.15, 0.2) is 0 Å². The molecule has 0 spiro atoms. The van der Waals surface area contributed by atoms with E-state index in [1.165, 1.54) is 34.8 Å². The van der Waals surface area contributed by atoms with Crippen molar-refractivity contribution in [2.75, 3.05) is 20.1 Å². The Bertz CT molecular complexity index is 2270. The minimum atomic E-state index is -1.80. The Morgan fingerprint density at radius 2 is 1.71 bits per heavy atom. The number of carbonyl (C=O) groups is 1. The van der Waals surface area contributed by atoms with Gasteiger partial charge in [0.25, 0.3) is 0 Å². The molecule has 0 bridgehead atoms. The first-order valence-corrected chi connectivity index (χ1v) is 19.5. The zero-order valence-corrected chi connectivity index (χ0v) is 31.7. The summed E-state index contributed by atoms with van der Waals surface area (Å²) in [6.07, 6.45) is 2.85. The van der Waals surface area contributed by atoms with Gasteiger partial charge in [-0.1, -0.05) is 24.3 Å². The van der Waals surface area contributed by atoms with Crippen molar-refractivity contribution in [3.05, 3.63) is 119 Å². The van der Waals surface area contributed by atoms with Crippen molar-refractivity contribution < 1.29 is 34.3 Å². The highest BCUT2D eigenvalue weighted by molar-refractivity contribution is 7.12. The first kappa shape index (κ1) is 41.5. The van der Waals surface area contributed by atoms with Gasteiger partial charge in [-0.2, -0.15) is 0 Å². The summed E-state index contributed by atoms with van der Waals surface area (Å²) >= 11 is 2.68. The van der Waals surface area contributed by atoms with Crippen LogP contribution in [-0.4, -0.2) is 73.0 Å². The number of imidazole rings is 1. The Labute approximate surface area is 322 Å². The highest BCUT2D eigenvalue weighted by Gasteiger charge is 2.45. The second-order valence-corrected chi connectivity index (χ2v) is 15.6. The molecule has 6 aromatic rings. The summed E-state index contributed by atoms with van der Waals surface area (Å²) in [5, 5.41) is 40.1. The first-order chi connectivity index (χ1) is 25.6. The number of pyridine rings is 1. The van der Waals surface area contributed by atoms with Gasteiger partial charge in [-0.05, 0) is 104 Å². The number of aliphatic hydroxyl groups excluding tert-OH is 1. The minimum absolute atomic E-state index is 0. The Morgan fingerprint density at radius 1 is 1.00 bits per heavy atom. The molecule has 1 aliphatic carbocycles. The van der Waals surface area contributed by atoms with E-state index in [4.69, 9.17) is 4.74 Å². The van der Waals surface area contributed by atoms with E-state index in [1.54, 1.807) is 28.8 Å². The van der Waals surface area contributed by atoms with Crippen LogP contribution in [0.25, 0.3) is 21.9 Å². The molecule has 1 aliphatic rings. The number of aromatic nitrogens is 3. The summed E-state index contributed by atoms with van der Waals surface area (Å²) in [6.45, 7) is 2.07. The zero-order valence-electron chi connectivity index (χ0n) is 30.1. The lowest BCUT2D eigenvalue weighted by Crippen LogP contribution is -2.42. The maximum absolute atomic E-state index is 13.4. The smallest absolute Gasteiger partial charge is 0.349 e. The molecule has 4 heterocycles. The molecular formula is C39H45F2N5O7S2. The first-order valence-electron chi connectivity index (χ1n) is 17.8. The van der Waals surface area contributed by atoms with Gasteiger partial charge in [0.2, 0.25) is 11.2 Å². The number of aromatic hydroxyl groups is 1. The SMILES string of the molecule is CN(CCCn1c(=O)[nH]c2cc(CNC[C@H](O)c3ccc(O)c4[nH]c(=O)ccc34)ccc21)[C@H]1CC[C@H](OC(=O)C(O)(c2cccs2)c2cccs2)CC1.F.F. The van der Waals surface area contributed by atoms with Crippen molar-refractivity contribution >= 4 is 50.6 Å². The Morgan fingerprint density at radius 3 is 2.38 bits per heavy atom. The summed E-state index contributed by atoms with van der Waals surface area (Å²) < 4.78 is 7.69. The van der Waals surface area contributed by atoms with E-state index in [0.29, 0.717) is 39.8 Å². The third-order valence-corrected chi connectivity index (χ3v) is 12.2. The lowest BCUT2D eigenvalue weighted by Gasteiger charge is -2.35. The fourth-order valence-electron chi connectivity index (χ4n) is 7.35. The molecule has 6 N–H and O–H groups in total. The number of hydrogen-bond acceptors (Lipinski definition) is 11. The molecule has 0 radical (unpaired) electrons. The highest BCUT2D eigenvalue weighted by atomic mass is 32.1. The Hall–Kier alpha value is -4.71.